The lowest BCUT2D eigenvalue weighted by atomic mass is 10.2. The van der Waals surface area contributed by atoms with Crippen LogP contribution in [0.15, 0.2) is 30.3 Å². The van der Waals surface area contributed by atoms with Crippen molar-refractivity contribution in [3.63, 3.8) is 0 Å². The van der Waals surface area contributed by atoms with Crippen molar-refractivity contribution < 1.29 is 9.59 Å². The van der Waals surface area contributed by atoms with Gasteiger partial charge in [-0.05, 0) is 19.4 Å². The number of hydrogen-bond donors (Lipinski definition) is 1. The standard InChI is InChI=1S/C21H29N5O2/c1-16-20(17(2)26(23-16)14-19-7-5-4-6-8-19)13-22-21(28)15-24-9-11-25(12-10-24)18(3)27/h4-8H,9-15H2,1-3H3,(H,22,28). The number of amides is 2. The van der Waals surface area contributed by atoms with E-state index in [1.54, 1.807) is 6.92 Å². The van der Waals surface area contributed by atoms with Crippen LogP contribution in [-0.2, 0) is 22.7 Å². The minimum atomic E-state index is 0.00545. The number of nitrogens with zero attached hydrogens (tertiary/aromatic N) is 4. The predicted molar refractivity (Wildman–Crippen MR) is 108 cm³/mol. The number of aromatic nitrogens is 2. The Labute approximate surface area is 166 Å². The second-order valence-corrected chi connectivity index (χ2v) is 7.35. The minimum Gasteiger partial charge on any atom is -0.351 e. The molecule has 150 valence electrons. The molecule has 1 N–H and O–H groups in total. The van der Waals surface area contributed by atoms with Gasteiger partial charge in [0.1, 0.15) is 0 Å². The van der Waals surface area contributed by atoms with Crippen molar-refractivity contribution >= 4 is 11.8 Å². The molecule has 0 unspecified atom stereocenters. The van der Waals surface area contributed by atoms with Crippen LogP contribution in [0.25, 0.3) is 0 Å². The molecule has 1 saturated heterocycles. The van der Waals surface area contributed by atoms with Crippen LogP contribution in [0.2, 0.25) is 0 Å². The highest BCUT2D eigenvalue weighted by molar-refractivity contribution is 5.78. The fourth-order valence-corrected chi connectivity index (χ4v) is 3.57. The number of carbonyl (C=O) groups is 2. The Morgan fingerprint density at radius 2 is 1.75 bits per heavy atom. The second kappa shape index (κ2) is 9.01. The summed E-state index contributed by atoms with van der Waals surface area (Å²) in [6.07, 6.45) is 0. The van der Waals surface area contributed by atoms with Gasteiger partial charge in [0, 0.05) is 50.9 Å². The number of rotatable bonds is 6. The topological polar surface area (TPSA) is 70.5 Å². The third kappa shape index (κ3) is 4.98. The molecule has 2 amide bonds. The van der Waals surface area contributed by atoms with Crippen LogP contribution in [0.3, 0.4) is 0 Å². The fraction of sp³-hybridized carbons (Fsp3) is 0.476. The molecule has 1 aliphatic rings. The van der Waals surface area contributed by atoms with E-state index in [-0.39, 0.29) is 11.8 Å². The van der Waals surface area contributed by atoms with Gasteiger partial charge in [0.05, 0.1) is 18.8 Å². The normalized spacial score (nSPS) is 14.9. The monoisotopic (exact) mass is 383 g/mol. The summed E-state index contributed by atoms with van der Waals surface area (Å²) in [5, 5.41) is 7.67. The largest absolute Gasteiger partial charge is 0.351 e. The van der Waals surface area contributed by atoms with E-state index < -0.39 is 0 Å². The smallest absolute Gasteiger partial charge is 0.234 e. The summed E-state index contributed by atoms with van der Waals surface area (Å²) in [5.41, 5.74) is 4.31. The van der Waals surface area contributed by atoms with E-state index in [0.717, 1.165) is 36.6 Å². The van der Waals surface area contributed by atoms with Crippen LogP contribution >= 0.6 is 0 Å². The molecule has 0 atom stereocenters. The van der Waals surface area contributed by atoms with Crippen molar-refractivity contribution in [1.82, 2.24) is 24.9 Å². The van der Waals surface area contributed by atoms with E-state index in [2.05, 4.69) is 27.4 Å². The highest BCUT2D eigenvalue weighted by Crippen LogP contribution is 2.14. The van der Waals surface area contributed by atoms with Gasteiger partial charge in [-0.2, -0.15) is 5.10 Å². The fourth-order valence-electron chi connectivity index (χ4n) is 3.57. The number of carbonyl (C=O) groups excluding carboxylic acids is 2. The minimum absolute atomic E-state index is 0.00545. The summed E-state index contributed by atoms with van der Waals surface area (Å²) >= 11 is 0. The Balaban J connectivity index is 1.52. The maximum Gasteiger partial charge on any atom is 0.234 e. The maximum atomic E-state index is 12.4. The van der Waals surface area contributed by atoms with Crippen molar-refractivity contribution in [2.45, 2.75) is 33.9 Å². The zero-order valence-electron chi connectivity index (χ0n) is 16.9. The summed E-state index contributed by atoms with van der Waals surface area (Å²) < 4.78 is 1.99. The molecule has 1 fully saturated rings. The molecule has 0 bridgehead atoms. The summed E-state index contributed by atoms with van der Waals surface area (Å²) in [7, 11) is 0. The van der Waals surface area contributed by atoms with Crippen LogP contribution in [0.4, 0.5) is 0 Å². The molecular formula is C21H29N5O2. The van der Waals surface area contributed by atoms with Gasteiger partial charge in [-0.25, -0.2) is 0 Å². The van der Waals surface area contributed by atoms with E-state index in [1.165, 1.54) is 5.56 Å². The Morgan fingerprint density at radius 3 is 2.39 bits per heavy atom. The maximum absolute atomic E-state index is 12.4. The molecule has 0 saturated carbocycles. The number of benzene rings is 1. The Bertz CT molecular complexity index is 823. The Morgan fingerprint density at radius 1 is 1.07 bits per heavy atom. The second-order valence-electron chi connectivity index (χ2n) is 7.35. The zero-order valence-corrected chi connectivity index (χ0v) is 16.9. The lowest BCUT2D eigenvalue weighted by Gasteiger charge is -2.33. The summed E-state index contributed by atoms with van der Waals surface area (Å²) in [4.78, 5) is 27.7. The number of nitrogens with one attached hydrogen (secondary N) is 1. The van der Waals surface area contributed by atoms with Gasteiger partial charge >= 0.3 is 0 Å². The average molecular weight is 383 g/mol. The van der Waals surface area contributed by atoms with Crippen LogP contribution in [0.5, 0.6) is 0 Å². The van der Waals surface area contributed by atoms with Gasteiger partial charge in [-0.1, -0.05) is 30.3 Å². The Hall–Kier alpha value is -2.67. The molecular weight excluding hydrogens is 354 g/mol. The van der Waals surface area contributed by atoms with Gasteiger partial charge < -0.3 is 10.2 Å². The number of hydrogen-bond acceptors (Lipinski definition) is 4. The SMILES string of the molecule is CC(=O)N1CCN(CC(=O)NCc2c(C)nn(Cc3ccccc3)c2C)CC1. The Kier molecular flexibility index (Phi) is 6.46. The van der Waals surface area contributed by atoms with Crippen molar-refractivity contribution in [2.24, 2.45) is 0 Å². The van der Waals surface area contributed by atoms with E-state index in [0.29, 0.717) is 26.2 Å². The van der Waals surface area contributed by atoms with Gasteiger partial charge in [-0.3, -0.25) is 19.2 Å². The highest BCUT2D eigenvalue weighted by atomic mass is 16.2. The molecule has 28 heavy (non-hydrogen) atoms. The van der Waals surface area contributed by atoms with Crippen LogP contribution in [-0.4, -0.2) is 64.1 Å². The first-order chi connectivity index (χ1) is 13.4. The van der Waals surface area contributed by atoms with Gasteiger partial charge in [-0.15, -0.1) is 0 Å². The zero-order chi connectivity index (χ0) is 20.1. The quantitative estimate of drug-likeness (QED) is 0.817. The van der Waals surface area contributed by atoms with Crippen LogP contribution in [0.1, 0.15) is 29.4 Å². The average Bonchev–Trinajstić information content (AvgIpc) is 2.94. The summed E-state index contributed by atoms with van der Waals surface area (Å²) in [5.74, 6) is 0.105. The van der Waals surface area contributed by atoms with Gasteiger partial charge in [0.25, 0.3) is 0 Å². The molecule has 2 aromatic rings. The molecule has 7 nitrogen and oxygen atoms in total. The van der Waals surface area contributed by atoms with E-state index in [1.807, 2.05) is 41.6 Å². The lowest BCUT2D eigenvalue weighted by Crippen LogP contribution is -2.50. The van der Waals surface area contributed by atoms with Crippen molar-refractivity contribution in [1.29, 1.82) is 0 Å². The van der Waals surface area contributed by atoms with Crippen LogP contribution < -0.4 is 5.32 Å². The first kappa shape index (κ1) is 20.1. The van der Waals surface area contributed by atoms with Crippen LogP contribution in [0, 0.1) is 13.8 Å². The first-order valence-electron chi connectivity index (χ1n) is 9.75. The van der Waals surface area contributed by atoms with Crippen molar-refractivity contribution in [3.05, 3.63) is 52.8 Å². The third-order valence-corrected chi connectivity index (χ3v) is 5.35. The molecule has 0 spiro atoms. The lowest BCUT2D eigenvalue weighted by molar-refractivity contribution is -0.131. The summed E-state index contributed by atoms with van der Waals surface area (Å²) in [6, 6.07) is 10.2. The molecule has 1 aromatic heterocycles. The van der Waals surface area contributed by atoms with E-state index in [4.69, 9.17) is 0 Å². The van der Waals surface area contributed by atoms with Gasteiger partial charge in [0.15, 0.2) is 0 Å². The van der Waals surface area contributed by atoms with E-state index in [9.17, 15) is 9.59 Å². The molecule has 3 rings (SSSR count). The van der Waals surface area contributed by atoms with E-state index >= 15 is 0 Å². The molecule has 0 aliphatic carbocycles. The molecule has 1 aromatic carbocycles. The first-order valence-corrected chi connectivity index (χ1v) is 9.75. The molecule has 1 aliphatic heterocycles. The molecule has 7 heteroatoms. The number of aryl methyl sites for hydroxylation is 1. The predicted octanol–water partition coefficient (Wildman–Crippen LogP) is 1.33. The summed E-state index contributed by atoms with van der Waals surface area (Å²) in [6.45, 7) is 10.0. The number of piperazine rings is 1. The molecule has 0 radical (unpaired) electrons. The van der Waals surface area contributed by atoms with Crippen molar-refractivity contribution in [3.8, 4) is 0 Å². The molecule has 2 heterocycles. The van der Waals surface area contributed by atoms with Crippen molar-refractivity contribution in [2.75, 3.05) is 32.7 Å². The highest BCUT2D eigenvalue weighted by Gasteiger charge is 2.20. The third-order valence-electron chi connectivity index (χ3n) is 5.35. The van der Waals surface area contributed by atoms with Gasteiger partial charge in [0.2, 0.25) is 11.8 Å².